The largest absolute Gasteiger partial charge is 0.304 e. The van der Waals surface area contributed by atoms with Gasteiger partial charge in [-0.25, -0.2) is 0 Å². The number of thioether (sulfide) groups is 1. The van der Waals surface area contributed by atoms with E-state index >= 15 is 0 Å². The van der Waals surface area contributed by atoms with Crippen LogP contribution in [0.15, 0.2) is 0 Å². The van der Waals surface area contributed by atoms with Crippen molar-refractivity contribution in [2.45, 2.75) is 0 Å². The van der Waals surface area contributed by atoms with E-state index in [0.717, 1.165) is 44.5 Å². The second-order valence-corrected chi connectivity index (χ2v) is 5.17. The van der Waals surface area contributed by atoms with E-state index in [4.69, 9.17) is 0 Å². The van der Waals surface area contributed by atoms with E-state index in [0.29, 0.717) is 12.3 Å². The predicted octanol–water partition coefficient (Wildman–Crippen LogP) is -0.0708. The third kappa shape index (κ3) is 2.75. The van der Waals surface area contributed by atoms with Gasteiger partial charge in [-0.05, 0) is 7.05 Å². The number of carbonyl (C=O) groups is 2. The van der Waals surface area contributed by atoms with Gasteiger partial charge < -0.3 is 4.90 Å². The molecule has 0 aromatic heterocycles. The average molecular weight is 243 g/mol. The van der Waals surface area contributed by atoms with Gasteiger partial charge in [0.1, 0.15) is 0 Å². The van der Waals surface area contributed by atoms with Gasteiger partial charge in [-0.3, -0.25) is 19.4 Å². The second-order valence-electron chi connectivity index (χ2n) is 4.24. The summed E-state index contributed by atoms with van der Waals surface area (Å²) in [4.78, 5) is 28.7. The van der Waals surface area contributed by atoms with Crippen LogP contribution in [0.1, 0.15) is 0 Å². The van der Waals surface area contributed by atoms with E-state index in [1.165, 1.54) is 4.90 Å². The number of piperazine rings is 1. The fourth-order valence-electron chi connectivity index (χ4n) is 1.91. The highest BCUT2D eigenvalue weighted by molar-refractivity contribution is 8.14. The number of hydrogen-bond donors (Lipinski definition) is 0. The maximum absolute atomic E-state index is 11.4. The molecule has 0 unspecified atom stereocenters. The molecule has 0 radical (unpaired) electrons. The molecule has 0 aromatic rings. The molecule has 0 N–H and O–H groups in total. The van der Waals surface area contributed by atoms with Crippen LogP contribution >= 0.6 is 11.8 Å². The van der Waals surface area contributed by atoms with Crippen LogP contribution < -0.4 is 0 Å². The van der Waals surface area contributed by atoms with Gasteiger partial charge in [-0.1, -0.05) is 11.8 Å². The van der Waals surface area contributed by atoms with Gasteiger partial charge in [-0.15, -0.1) is 0 Å². The summed E-state index contributed by atoms with van der Waals surface area (Å²) >= 11 is 1.11. The van der Waals surface area contributed by atoms with Crippen molar-refractivity contribution in [3.63, 3.8) is 0 Å². The second kappa shape index (κ2) is 5.16. The molecule has 2 aliphatic rings. The lowest BCUT2D eigenvalue weighted by Gasteiger charge is -2.32. The van der Waals surface area contributed by atoms with Gasteiger partial charge in [0.15, 0.2) is 0 Å². The zero-order chi connectivity index (χ0) is 11.5. The normalized spacial score (nSPS) is 24.4. The monoisotopic (exact) mass is 243 g/mol. The summed E-state index contributed by atoms with van der Waals surface area (Å²) in [5.74, 6) is 0.283. The topological polar surface area (TPSA) is 43.9 Å². The average Bonchev–Trinajstić information content (AvgIpc) is 2.59. The summed E-state index contributed by atoms with van der Waals surface area (Å²) in [6.45, 7) is 5.55. The van der Waals surface area contributed by atoms with Crippen LogP contribution in [0.2, 0.25) is 0 Å². The molecule has 5 nitrogen and oxygen atoms in total. The summed E-state index contributed by atoms with van der Waals surface area (Å²) in [7, 11) is 2.11. The summed E-state index contributed by atoms with van der Waals surface area (Å²) < 4.78 is 0. The van der Waals surface area contributed by atoms with Crippen molar-refractivity contribution >= 4 is 22.9 Å². The lowest BCUT2D eigenvalue weighted by Crippen LogP contribution is -2.47. The van der Waals surface area contributed by atoms with Crippen molar-refractivity contribution in [3.8, 4) is 0 Å². The van der Waals surface area contributed by atoms with Crippen LogP contribution in [0.4, 0.5) is 4.79 Å². The van der Waals surface area contributed by atoms with E-state index in [-0.39, 0.29) is 11.1 Å². The Morgan fingerprint density at radius 1 is 1.12 bits per heavy atom. The van der Waals surface area contributed by atoms with E-state index in [9.17, 15) is 9.59 Å². The number of imide groups is 1. The lowest BCUT2D eigenvalue weighted by atomic mass is 10.3. The summed E-state index contributed by atoms with van der Waals surface area (Å²) in [5, 5.41) is -0.0841. The third-order valence-electron chi connectivity index (χ3n) is 3.08. The van der Waals surface area contributed by atoms with Crippen LogP contribution in [0.5, 0.6) is 0 Å². The van der Waals surface area contributed by atoms with Gasteiger partial charge >= 0.3 is 0 Å². The molecule has 2 rings (SSSR count). The van der Waals surface area contributed by atoms with Crippen molar-refractivity contribution < 1.29 is 9.59 Å². The molecular formula is C10H17N3O2S. The fraction of sp³-hybridized carbons (Fsp3) is 0.800. The van der Waals surface area contributed by atoms with Gasteiger partial charge in [0.25, 0.3) is 5.24 Å². The first-order valence-electron chi connectivity index (χ1n) is 5.55. The third-order valence-corrected chi connectivity index (χ3v) is 3.93. The molecule has 0 bridgehead atoms. The Morgan fingerprint density at radius 2 is 1.81 bits per heavy atom. The molecule has 0 atom stereocenters. The van der Waals surface area contributed by atoms with Crippen molar-refractivity contribution in [2.75, 3.05) is 52.1 Å². The first-order valence-corrected chi connectivity index (χ1v) is 6.53. The van der Waals surface area contributed by atoms with Crippen molar-refractivity contribution in [1.82, 2.24) is 14.7 Å². The number of nitrogens with zero attached hydrogens (tertiary/aromatic N) is 3. The van der Waals surface area contributed by atoms with E-state index in [1.54, 1.807) is 0 Å². The molecule has 0 spiro atoms. The highest BCUT2D eigenvalue weighted by Gasteiger charge is 2.29. The predicted molar refractivity (Wildman–Crippen MR) is 63.5 cm³/mol. The standard InChI is InChI=1S/C10H17N3O2S/c1-11-2-4-12(5-3-11)6-7-13-9(14)8-16-10(13)15/h2-8H2,1H3. The highest BCUT2D eigenvalue weighted by atomic mass is 32.2. The maximum Gasteiger partial charge on any atom is 0.288 e. The van der Waals surface area contributed by atoms with Gasteiger partial charge in [0.05, 0.1) is 5.75 Å². The first-order chi connectivity index (χ1) is 7.66. The molecule has 0 aromatic carbocycles. The molecule has 90 valence electrons. The molecule has 6 heteroatoms. The van der Waals surface area contributed by atoms with Gasteiger partial charge in [-0.2, -0.15) is 0 Å². The minimum atomic E-state index is -0.0841. The lowest BCUT2D eigenvalue weighted by molar-refractivity contribution is -0.124. The Balaban J connectivity index is 1.75. The first kappa shape index (κ1) is 11.9. The van der Waals surface area contributed by atoms with Crippen molar-refractivity contribution in [1.29, 1.82) is 0 Å². The Morgan fingerprint density at radius 3 is 2.38 bits per heavy atom. The van der Waals surface area contributed by atoms with Crippen LogP contribution in [0.3, 0.4) is 0 Å². The minimum Gasteiger partial charge on any atom is -0.304 e. The molecule has 0 aliphatic carbocycles. The zero-order valence-corrected chi connectivity index (χ0v) is 10.3. The van der Waals surface area contributed by atoms with Gasteiger partial charge in [0.2, 0.25) is 5.91 Å². The quantitative estimate of drug-likeness (QED) is 0.694. The van der Waals surface area contributed by atoms with Crippen LogP contribution in [-0.2, 0) is 4.79 Å². The van der Waals surface area contributed by atoms with Crippen LogP contribution in [0.25, 0.3) is 0 Å². The summed E-state index contributed by atoms with van der Waals surface area (Å²) in [5.41, 5.74) is 0. The van der Waals surface area contributed by atoms with Crippen molar-refractivity contribution in [3.05, 3.63) is 0 Å². The van der Waals surface area contributed by atoms with Crippen LogP contribution in [0, 0.1) is 0 Å². The zero-order valence-electron chi connectivity index (χ0n) is 9.52. The number of amides is 2. The van der Waals surface area contributed by atoms with Crippen molar-refractivity contribution in [2.24, 2.45) is 0 Å². The molecule has 2 saturated heterocycles. The minimum absolute atomic E-state index is 0.0378. The number of carbonyl (C=O) groups excluding carboxylic acids is 2. The van der Waals surface area contributed by atoms with Gasteiger partial charge in [0, 0.05) is 39.3 Å². The maximum atomic E-state index is 11.4. The van der Waals surface area contributed by atoms with E-state index in [1.807, 2.05) is 0 Å². The Bertz CT molecular complexity index is 274. The summed E-state index contributed by atoms with van der Waals surface area (Å²) in [6, 6.07) is 0. The molecule has 0 saturated carbocycles. The van der Waals surface area contributed by atoms with E-state index < -0.39 is 0 Å². The number of likely N-dealkylation sites (N-methyl/N-ethyl adjacent to an activating group) is 1. The SMILES string of the molecule is CN1CCN(CCN2C(=O)CSC2=O)CC1. The molecular weight excluding hydrogens is 226 g/mol. The number of hydrogen-bond acceptors (Lipinski definition) is 5. The summed E-state index contributed by atoms with van der Waals surface area (Å²) in [6.07, 6.45) is 0. The molecule has 2 fully saturated rings. The smallest absolute Gasteiger partial charge is 0.288 e. The molecule has 2 aliphatic heterocycles. The van der Waals surface area contributed by atoms with Crippen LogP contribution in [-0.4, -0.2) is 77.9 Å². The Labute approximate surface area is 99.7 Å². The van der Waals surface area contributed by atoms with E-state index in [2.05, 4.69) is 16.8 Å². The fourth-order valence-corrected chi connectivity index (χ4v) is 2.66. The Hall–Kier alpha value is -0.590. The molecule has 2 amide bonds. The Kier molecular flexibility index (Phi) is 3.83. The number of rotatable bonds is 3. The molecule has 16 heavy (non-hydrogen) atoms. The molecule has 2 heterocycles. The highest BCUT2D eigenvalue weighted by Crippen LogP contribution is 2.18.